The number of rotatable bonds is 8. The predicted molar refractivity (Wildman–Crippen MR) is 129 cm³/mol. The van der Waals surface area contributed by atoms with E-state index < -0.39 is 0 Å². The second-order valence-corrected chi connectivity index (χ2v) is 8.39. The van der Waals surface area contributed by atoms with E-state index in [2.05, 4.69) is 15.3 Å². The zero-order valence-electron chi connectivity index (χ0n) is 18.4. The average Bonchev–Trinajstić information content (AvgIpc) is 3.20. The maximum atomic E-state index is 13.2. The Kier molecular flexibility index (Phi) is 6.81. The van der Waals surface area contributed by atoms with Gasteiger partial charge in [0.25, 0.3) is 5.56 Å². The number of amides is 1. The smallest absolute Gasteiger partial charge is 0.257 e. The zero-order chi connectivity index (χ0) is 23.4. The molecule has 0 unspecified atom stereocenters. The monoisotopic (exact) mass is 464 g/mol. The molecule has 0 saturated heterocycles. The van der Waals surface area contributed by atoms with E-state index in [1.165, 1.54) is 15.9 Å². The number of thiazole rings is 1. The van der Waals surface area contributed by atoms with E-state index in [1.807, 2.05) is 55.5 Å². The Labute approximate surface area is 194 Å². The van der Waals surface area contributed by atoms with Crippen molar-refractivity contribution in [2.45, 2.75) is 26.8 Å². The van der Waals surface area contributed by atoms with Crippen LogP contribution in [-0.2, 0) is 17.8 Å². The molecule has 0 radical (unpaired) electrons. The number of nitrogens with one attached hydrogen (secondary N) is 1. The lowest BCUT2D eigenvalue weighted by Gasteiger charge is -2.15. The predicted octanol–water partition coefficient (Wildman–Crippen LogP) is 3.40. The maximum Gasteiger partial charge on any atom is 0.257 e. The molecule has 0 saturated carbocycles. The van der Waals surface area contributed by atoms with Gasteiger partial charge in [0.2, 0.25) is 5.91 Å². The lowest BCUT2D eigenvalue weighted by Crippen LogP contribution is -2.33. The highest BCUT2D eigenvalue weighted by Gasteiger charge is 2.18. The molecule has 0 aliphatic heterocycles. The minimum absolute atomic E-state index is 0.175. The molecule has 2 heterocycles. The van der Waals surface area contributed by atoms with Gasteiger partial charge in [-0.25, -0.2) is 9.97 Å². The van der Waals surface area contributed by atoms with E-state index in [1.54, 1.807) is 6.92 Å². The third-order valence-electron chi connectivity index (χ3n) is 5.08. The summed E-state index contributed by atoms with van der Waals surface area (Å²) in [6, 6.07) is 14.8. The lowest BCUT2D eigenvalue weighted by molar-refractivity contribution is -0.116. The summed E-state index contributed by atoms with van der Waals surface area (Å²) >= 11 is 1.35. The fourth-order valence-corrected chi connectivity index (χ4v) is 4.44. The highest BCUT2D eigenvalue weighted by atomic mass is 32.1. The Balaban J connectivity index is 1.65. The van der Waals surface area contributed by atoms with E-state index in [-0.39, 0.29) is 31.0 Å². The topological polar surface area (TPSA) is 106 Å². The Morgan fingerprint density at radius 2 is 1.97 bits per heavy atom. The molecule has 2 aromatic carbocycles. The molecule has 2 aromatic heterocycles. The number of aryl methyl sites for hydroxylation is 1. The summed E-state index contributed by atoms with van der Waals surface area (Å²) in [6.45, 7) is 3.80. The number of fused-ring (bicyclic) bond motifs is 1. The molecule has 1 amide bonds. The number of aromatic nitrogens is 3. The summed E-state index contributed by atoms with van der Waals surface area (Å²) in [5.41, 5.74) is 2.06. The molecule has 33 heavy (non-hydrogen) atoms. The van der Waals surface area contributed by atoms with Crippen LogP contribution in [0, 0.1) is 6.92 Å². The highest BCUT2D eigenvalue weighted by Crippen LogP contribution is 2.29. The summed E-state index contributed by atoms with van der Waals surface area (Å²) in [6.07, 6.45) is 0.175. The molecule has 0 bridgehead atoms. The third-order valence-corrected chi connectivity index (χ3v) is 6.03. The van der Waals surface area contributed by atoms with E-state index in [9.17, 15) is 14.7 Å². The normalized spacial score (nSPS) is 11.0. The van der Waals surface area contributed by atoms with Crippen molar-refractivity contribution < 1.29 is 14.6 Å². The van der Waals surface area contributed by atoms with Crippen molar-refractivity contribution in [2.75, 3.05) is 18.5 Å². The van der Waals surface area contributed by atoms with Gasteiger partial charge < -0.3 is 15.2 Å². The van der Waals surface area contributed by atoms with Gasteiger partial charge in [-0.3, -0.25) is 14.2 Å². The van der Waals surface area contributed by atoms with Crippen molar-refractivity contribution in [3.05, 3.63) is 70.1 Å². The quantitative estimate of drug-likeness (QED) is 0.414. The molecule has 0 atom stereocenters. The van der Waals surface area contributed by atoms with E-state index in [0.717, 1.165) is 21.5 Å². The average molecular weight is 465 g/mol. The van der Waals surface area contributed by atoms with Gasteiger partial charge in [0.15, 0.2) is 5.13 Å². The summed E-state index contributed by atoms with van der Waals surface area (Å²) in [7, 11) is 0. The Morgan fingerprint density at radius 3 is 2.70 bits per heavy atom. The van der Waals surface area contributed by atoms with Gasteiger partial charge in [0.1, 0.15) is 18.1 Å². The number of hydrogen-bond donors (Lipinski definition) is 2. The van der Waals surface area contributed by atoms with Crippen LogP contribution in [0.15, 0.2) is 53.3 Å². The van der Waals surface area contributed by atoms with Crippen LogP contribution in [0.1, 0.15) is 18.2 Å². The number of hydrogen-bond acceptors (Lipinski definition) is 7. The first-order chi connectivity index (χ1) is 16.0. The summed E-state index contributed by atoms with van der Waals surface area (Å²) in [4.78, 5) is 35.2. The first-order valence-corrected chi connectivity index (χ1v) is 11.4. The van der Waals surface area contributed by atoms with Crippen molar-refractivity contribution in [3.63, 3.8) is 0 Å². The number of carbonyl (C=O) groups is 1. The molecule has 0 aliphatic carbocycles. The number of aliphatic hydroxyl groups excluding tert-OH is 1. The number of benzene rings is 2. The summed E-state index contributed by atoms with van der Waals surface area (Å²) in [5.74, 6) is 0.731. The molecule has 0 spiro atoms. The highest BCUT2D eigenvalue weighted by molar-refractivity contribution is 7.22. The van der Waals surface area contributed by atoms with Crippen molar-refractivity contribution in [3.8, 4) is 17.1 Å². The molecule has 0 fully saturated rings. The SMILES string of the molecule is CCOc1ccc2sc(NC(=O)Cn3c(-c4ccccc4)nc(C)c(CCO)c3=O)nc2c1. The minimum atomic E-state index is -0.390. The van der Waals surface area contributed by atoms with Crippen molar-refractivity contribution in [1.29, 1.82) is 0 Å². The standard InChI is InChI=1S/C24H24N4O4S/c1-3-32-17-9-10-20-19(13-17)26-24(33-20)27-21(30)14-28-22(16-7-5-4-6-8-16)25-15(2)18(11-12-29)23(28)31/h4-10,13,29H,3,11-12,14H2,1-2H3,(H,26,27,30). The van der Waals surface area contributed by atoms with Crippen LogP contribution in [0.2, 0.25) is 0 Å². The number of ether oxygens (including phenoxy) is 1. The first-order valence-electron chi connectivity index (χ1n) is 10.6. The Morgan fingerprint density at radius 1 is 1.18 bits per heavy atom. The molecule has 4 aromatic rings. The van der Waals surface area contributed by atoms with Crippen molar-refractivity contribution in [1.82, 2.24) is 14.5 Å². The molecule has 8 nitrogen and oxygen atoms in total. The van der Waals surface area contributed by atoms with Crippen molar-refractivity contribution in [2.24, 2.45) is 0 Å². The van der Waals surface area contributed by atoms with E-state index in [4.69, 9.17) is 4.74 Å². The Bertz CT molecular complexity index is 1350. The zero-order valence-corrected chi connectivity index (χ0v) is 19.2. The molecule has 2 N–H and O–H groups in total. The van der Waals surface area contributed by atoms with Crippen LogP contribution >= 0.6 is 11.3 Å². The number of anilines is 1. The van der Waals surface area contributed by atoms with Gasteiger partial charge >= 0.3 is 0 Å². The first kappa shape index (κ1) is 22.6. The van der Waals surface area contributed by atoms with Crippen molar-refractivity contribution >= 4 is 32.6 Å². The Hall–Kier alpha value is -3.56. The van der Waals surface area contributed by atoms with Crippen LogP contribution in [0.3, 0.4) is 0 Å². The molecule has 4 rings (SSSR count). The summed E-state index contributed by atoms with van der Waals surface area (Å²) < 4.78 is 7.77. The van der Waals surface area contributed by atoms with Gasteiger partial charge in [-0.2, -0.15) is 0 Å². The number of nitrogens with zero attached hydrogens (tertiary/aromatic N) is 3. The number of carbonyl (C=O) groups excluding carboxylic acids is 1. The molecular formula is C24H24N4O4S. The van der Waals surface area contributed by atoms with Gasteiger partial charge in [-0.15, -0.1) is 0 Å². The van der Waals surface area contributed by atoms with Gasteiger partial charge in [0.05, 0.1) is 16.8 Å². The molecule has 170 valence electrons. The fraction of sp³-hybridized carbons (Fsp3) is 0.250. The second-order valence-electron chi connectivity index (χ2n) is 7.36. The molecule has 0 aliphatic rings. The number of aliphatic hydroxyl groups is 1. The molecular weight excluding hydrogens is 440 g/mol. The largest absolute Gasteiger partial charge is 0.494 e. The maximum absolute atomic E-state index is 13.2. The van der Waals surface area contributed by atoms with Crippen LogP contribution in [-0.4, -0.2) is 38.8 Å². The van der Waals surface area contributed by atoms with Crippen LogP contribution in [0.4, 0.5) is 5.13 Å². The van der Waals surface area contributed by atoms with Crippen LogP contribution in [0.5, 0.6) is 5.75 Å². The van der Waals surface area contributed by atoms with Gasteiger partial charge in [-0.05, 0) is 26.0 Å². The van der Waals surface area contributed by atoms with Crippen LogP contribution in [0.25, 0.3) is 21.6 Å². The second kappa shape index (κ2) is 9.93. The summed E-state index contributed by atoms with van der Waals surface area (Å²) in [5, 5.41) is 12.6. The van der Waals surface area contributed by atoms with E-state index in [0.29, 0.717) is 28.8 Å². The fourth-order valence-electron chi connectivity index (χ4n) is 3.57. The van der Waals surface area contributed by atoms with Gasteiger partial charge in [0, 0.05) is 35.9 Å². The lowest BCUT2D eigenvalue weighted by atomic mass is 10.1. The van der Waals surface area contributed by atoms with Crippen LogP contribution < -0.4 is 15.6 Å². The third kappa shape index (κ3) is 4.94. The molecule has 9 heteroatoms. The van der Waals surface area contributed by atoms with E-state index >= 15 is 0 Å². The van der Waals surface area contributed by atoms with Gasteiger partial charge in [-0.1, -0.05) is 41.7 Å². The minimum Gasteiger partial charge on any atom is -0.494 e.